The number of thioether (sulfide) groups is 2. The number of fused-ring (bicyclic) bond motifs is 3. The van der Waals surface area contributed by atoms with E-state index in [0.29, 0.717) is 39.2 Å². The van der Waals surface area contributed by atoms with Crippen molar-refractivity contribution in [1.82, 2.24) is 52.0 Å². The number of aliphatic hydroxyl groups is 3. The van der Waals surface area contributed by atoms with Crippen LogP contribution in [0.1, 0.15) is 111 Å². The lowest BCUT2D eigenvalue weighted by Crippen LogP contribution is -2.56. The molecule has 4 heterocycles. The fourth-order valence-corrected chi connectivity index (χ4v) is 13.3. The van der Waals surface area contributed by atoms with Crippen molar-refractivity contribution in [3.8, 4) is 0 Å². The number of aliphatic hydroxyl groups excluding tert-OH is 3. The summed E-state index contributed by atoms with van der Waals surface area (Å²) in [4.78, 5) is 196. The molecule has 2 fully saturated rings. The Hall–Kier alpha value is -8.06. The first-order valence-corrected chi connectivity index (χ1v) is 34.6. The Morgan fingerprint density at radius 3 is 2.11 bits per heavy atom. The van der Waals surface area contributed by atoms with Crippen LogP contribution in [-0.2, 0) is 80.1 Å². The number of carbonyl (C=O) groups is 14. The topological polar surface area (TPSA) is 418 Å². The molecule has 30 heteroatoms. The van der Waals surface area contributed by atoms with E-state index in [2.05, 4.69) is 47.5 Å². The fourth-order valence-electron chi connectivity index (χ4n) is 11.5. The summed E-state index contributed by atoms with van der Waals surface area (Å²) in [6.45, 7) is 10.4. The Bertz CT molecular complexity index is 3380. The molecule has 12 N–H and O–H groups in total. The molecule has 0 radical (unpaired) electrons. The predicted octanol–water partition coefficient (Wildman–Crippen LogP) is 0.562. The number of amides is 11. The van der Waals surface area contributed by atoms with E-state index >= 15 is 0 Å². The zero-order valence-corrected chi connectivity index (χ0v) is 57.2. The number of carbonyl (C=O) groups excluding carboxylic acids is 14. The zero-order valence-electron chi connectivity index (χ0n) is 55.6. The number of anilines is 1. The molecule has 2 saturated heterocycles. The SMILES string of the molecule is CC[C@H](C)[C@@H]1NC(=O)CNC(=O)C(NC(=O)[C@@H](C)[C@@H](C)[C@@H](O)CO)Cc2c([nH]c3ccccc23)SC[C@@H](C(=O)C[C@@H](CC(=O)NCc2ccc(NC(=O)[C@H](C)CC(=O)C(NC(=O)CCN3C(=O)CC(SC)C3=O)C(C)C)cc2)C(=O)N2C[C@H](O)C[C@H]2C(C)=O)NC(=O)CNC1=O. The van der Waals surface area contributed by atoms with E-state index in [1.54, 1.807) is 96.3 Å². The van der Waals surface area contributed by atoms with Gasteiger partial charge in [0.05, 0.1) is 66.2 Å². The molecule has 0 saturated carbocycles. The van der Waals surface area contributed by atoms with Crippen LogP contribution in [-0.4, -0.2) is 205 Å². The molecular weight excluding hydrogens is 1280 g/mol. The molecule has 13 atom stereocenters. The molecule has 1 aromatic heterocycles. The number of H-pyrrole nitrogens is 1. The highest BCUT2D eigenvalue weighted by atomic mass is 32.2. The maximum atomic E-state index is 15.0. The van der Waals surface area contributed by atoms with Gasteiger partial charge in [-0.2, -0.15) is 11.8 Å². The minimum Gasteiger partial charge on any atom is -0.394 e. The monoisotopic (exact) mass is 1370 g/mol. The number of ketones is 3. The summed E-state index contributed by atoms with van der Waals surface area (Å²) >= 11 is 2.30. The summed E-state index contributed by atoms with van der Waals surface area (Å²) in [5.41, 5.74) is 1.93. The van der Waals surface area contributed by atoms with Crippen LogP contribution < -0.4 is 42.5 Å². The summed E-state index contributed by atoms with van der Waals surface area (Å²) in [7, 11) is 0. The van der Waals surface area contributed by atoms with Crippen LogP contribution in [0.5, 0.6) is 0 Å². The highest BCUT2D eigenvalue weighted by molar-refractivity contribution is 8.00. The molecule has 2 aromatic carbocycles. The third kappa shape index (κ3) is 21.0. The van der Waals surface area contributed by atoms with Crippen molar-refractivity contribution in [3.63, 3.8) is 0 Å². The van der Waals surface area contributed by atoms with E-state index in [-0.39, 0.29) is 75.2 Å². The lowest BCUT2D eigenvalue weighted by atomic mass is 9.90. The van der Waals surface area contributed by atoms with Crippen LogP contribution in [0.25, 0.3) is 10.9 Å². The second kappa shape index (κ2) is 35.8. The van der Waals surface area contributed by atoms with E-state index in [9.17, 15) is 82.4 Å². The number of nitrogens with one attached hydrogen (secondary N) is 9. The first-order valence-electron chi connectivity index (χ1n) is 32.3. The number of benzene rings is 2. The molecule has 3 unspecified atom stereocenters. The minimum absolute atomic E-state index is 0.0573. The number of nitrogens with zero attached hydrogens (tertiary/aromatic N) is 2. The number of aromatic nitrogens is 1. The van der Waals surface area contributed by atoms with Crippen molar-refractivity contribution in [2.75, 3.05) is 50.1 Å². The summed E-state index contributed by atoms with van der Waals surface area (Å²) in [6, 6.07) is 7.25. The van der Waals surface area contributed by atoms with Gasteiger partial charge in [0, 0.05) is 98.8 Å². The number of β-amino-alcohol motifs (C(OH)–C–C–N with tert-alkyl or cyclic N) is 1. The molecule has 0 spiro atoms. The van der Waals surface area contributed by atoms with Crippen LogP contribution in [0.2, 0.25) is 0 Å². The summed E-state index contributed by atoms with van der Waals surface area (Å²) in [5, 5.41) is 52.6. The highest BCUT2D eigenvalue weighted by Gasteiger charge is 2.43. The number of hydrogen-bond acceptors (Lipinski definition) is 19. The molecular formula is C66H91N11O17S2. The molecule has 6 rings (SSSR count). The van der Waals surface area contributed by atoms with E-state index in [1.807, 2.05) is 0 Å². The molecule has 0 aliphatic carbocycles. The van der Waals surface area contributed by atoms with Gasteiger partial charge in [-0.3, -0.25) is 72.0 Å². The standard InChI is InChI=1S/C66H91N11O17S2/c1-10-34(4)59-63(92)69-28-55(86)71-47(32-96-64-44(43-13-11-12-14-45(43)73-64)25-46(62(91)68-29-56(87)75-59)72-61(90)37(7)36(6)51(83)31-78)49(81)22-40(65(93)77-30-42(80)24-48(77)38(8)79)23-54(85)67-27-39-15-17-41(18-16-39)70-60(89)35(5)21-50(82)58(33(2)3)74-53(84)19-20-76-57(88)26-52(95-9)66(76)94/h11-18,33-37,40,42,46-48,51-52,58-59,73,78,80,83H,10,19-32H2,1-9H3,(H,67,85)(H,68,91)(H,69,92)(H,70,89)(H,71,86)(H,72,90)(H,74,84)(H,75,87)/t34-,35+,36+,37-,40-,42+,46?,47-,48-,51-,52?,58?,59-/m0/s1. The number of para-hydroxylation sites is 1. The van der Waals surface area contributed by atoms with Crippen LogP contribution in [0.4, 0.5) is 5.69 Å². The Balaban J connectivity index is 1.20. The number of Topliss-reactive ketones (excluding diaryl/α,β-unsaturated/α-hetero) is 3. The molecule has 3 aliphatic rings. The normalized spacial score (nSPS) is 22.1. The maximum Gasteiger partial charge on any atom is 0.243 e. The van der Waals surface area contributed by atoms with Gasteiger partial charge < -0.3 is 67.7 Å². The van der Waals surface area contributed by atoms with Crippen molar-refractivity contribution in [2.24, 2.45) is 35.5 Å². The fraction of sp³-hybridized carbons (Fsp3) is 0.576. The molecule has 524 valence electrons. The minimum atomic E-state index is -1.47. The third-order valence-corrected chi connectivity index (χ3v) is 20.0. The van der Waals surface area contributed by atoms with Gasteiger partial charge in [0.2, 0.25) is 65.0 Å². The van der Waals surface area contributed by atoms with Gasteiger partial charge in [-0.05, 0) is 60.3 Å². The van der Waals surface area contributed by atoms with Crippen molar-refractivity contribution < 1.29 is 82.4 Å². The molecule has 3 aliphatic heterocycles. The molecule has 28 nitrogen and oxygen atoms in total. The van der Waals surface area contributed by atoms with Gasteiger partial charge in [-0.15, -0.1) is 11.8 Å². The first kappa shape index (κ1) is 77.0. The van der Waals surface area contributed by atoms with Gasteiger partial charge >= 0.3 is 0 Å². The summed E-state index contributed by atoms with van der Waals surface area (Å²) < 4.78 is 0. The van der Waals surface area contributed by atoms with E-state index in [4.69, 9.17) is 0 Å². The predicted molar refractivity (Wildman–Crippen MR) is 356 cm³/mol. The number of imide groups is 1. The van der Waals surface area contributed by atoms with Crippen LogP contribution >= 0.6 is 23.5 Å². The Labute approximate surface area is 565 Å². The van der Waals surface area contributed by atoms with Crippen LogP contribution in [0.15, 0.2) is 53.6 Å². The van der Waals surface area contributed by atoms with Crippen LogP contribution in [0, 0.1) is 35.5 Å². The molecule has 11 amide bonds. The molecule has 96 heavy (non-hydrogen) atoms. The van der Waals surface area contributed by atoms with E-state index in [0.717, 1.165) is 21.6 Å². The summed E-state index contributed by atoms with van der Waals surface area (Å²) in [5.74, 6) is -13.8. The van der Waals surface area contributed by atoms with Crippen molar-refractivity contribution in [1.29, 1.82) is 0 Å². The number of likely N-dealkylation sites (tertiary alicyclic amines) is 2. The third-order valence-electron chi connectivity index (χ3n) is 17.9. The molecule has 3 aromatic rings. The average Bonchev–Trinajstić information content (AvgIpc) is 1.65. The van der Waals surface area contributed by atoms with Crippen LogP contribution in [0.3, 0.4) is 0 Å². The second-order valence-corrected chi connectivity index (χ2v) is 27.5. The lowest BCUT2D eigenvalue weighted by Gasteiger charge is -2.28. The molecule has 0 bridgehead atoms. The average molecular weight is 1370 g/mol. The lowest BCUT2D eigenvalue weighted by molar-refractivity contribution is -0.144. The van der Waals surface area contributed by atoms with Gasteiger partial charge in [0.1, 0.15) is 12.1 Å². The van der Waals surface area contributed by atoms with Crippen molar-refractivity contribution in [2.45, 2.75) is 166 Å². The van der Waals surface area contributed by atoms with Crippen molar-refractivity contribution in [3.05, 3.63) is 59.7 Å². The smallest absolute Gasteiger partial charge is 0.243 e. The zero-order chi connectivity index (χ0) is 70.8. The number of aromatic amines is 1. The van der Waals surface area contributed by atoms with Gasteiger partial charge in [-0.25, -0.2) is 0 Å². The number of hydrogen-bond donors (Lipinski definition) is 12. The maximum absolute atomic E-state index is 15.0. The number of rotatable bonds is 27. The van der Waals surface area contributed by atoms with E-state index in [1.165, 1.54) is 25.6 Å². The summed E-state index contributed by atoms with van der Waals surface area (Å²) in [6.07, 6.45) is -2.24. The Kier molecular flexibility index (Phi) is 28.7. The Morgan fingerprint density at radius 1 is 0.812 bits per heavy atom. The van der Waals surface area contributed by atoms with Gasteiger partial charge in [0.15, 0.2) is 17.3 Å². The van der Waals surface area contributed by atoms with Gasteiger partial charge in [0.25, 0.3) is 0 Å². The Morgan fingerprint density at radius 2 is 1.48 bits per heavy atom. The largest absolute Gasteiger partial charge is 0.394 e. The second-order valence-electron chi connectivity index (χ2n) is 25.4. The van der Waals surface area contributed by atoms with E-state index < -0.39 is 180 Å². The van der Waals surface area contributed by atoms with Crippen molar-refractivity contribution >= 4 is 122 Å². The van der Waals surface area contributed by atoms with Gasteiger partial charge in [-0.1, -0.05) is 85.2 Å². The highest BCUT2D eigenvalue weighted by Crippen LogP contribution is 2.33. The first-order chi connectivity index (χ1) is 45.4. The quantitative estimate of drug-likeness (QED) is 0.0464.